The molecule has 162 valence electrons. The summed E-state index contributed by atoms with van der Waals surface area (Å²) in [6.07, 6.45) is -1.35. The first-order valence-corrected chi connectivity index (χ1v) is 9.95. The van der Waals surface area contributed by atoms with E-state index in [1.807, 2.05) is 0 Å². The van der Waals surface area contributed by atoms with Gasteiger partial charge in [-0.05, 0) is 36.4 Å². The Bertz CT molecular complexity index is 1250. The molecule has 0 spiro atoms. The number of hydrogen-bond donors (Lipinski definition) is 2. The molecule has 1 unspecified atom stereocenters. The molecule has 0 saturated carbocycles. The van der Waals surface area contributed by atoms with Crippen LogP contribution in [-0.2, 0) is 4.79 Å². The fraction of sp³-hybridized carbons (Fsp3) is 0.0870. The molecule has 3 aromatic rings. The Morgan fingerprint density at radius 3 is 2.44 bits per heavy atom. The normalized spacial score (nSPS) is 15.5. The maximum atomic E-state index is 14.6. The van der Waals surface area contributed by atoms with E-state index in [1.165, 1.54) is 17.0 Å². The number of likely N-dealkylation sites (N-methyl/N-ethyl adjacent to an activating group) is 1. The lowest BCUT2D eigenvalue weighted by Gasteiger charge is -2.21. The third-order valence-electron chi connectivity index (χ3n) is 4.92. The molecule has 32 heavy (non-hydrogen) atoms. The maximum Gasteiger partial charge on any atom is 0.321 e. The lowest BCUT2D eigenvalue weighted by molar-refractivity contribution is -0.119. The number of carbonyl (C=O) groups is 2. The average Bonchev–Trinajstić information content (AvgIpc) is 2.87. The number of amides is 3. The van der Waals surface area contributed by atoms with Crippen LogP contribution in [0.2, 0.25) is 5.02 Å². The highest BCUT2D eigenvalue weighted by Crippen LogP contribution is 2.28. The molecule has 0 saturated heterocycles. The predicted octanol–water partition coefficient (Wildman–Crippen LogP) is 4.58. The summed E-state index contributed by atoms with van der Waals surface area (Å²) in [5.41, 5.74) is 1.63. The average molecular weight is 455 g/mol. The lowest BCUT2D eigenvalue weighted by atomic mass is 10.00. The van der Waals surface area contributed by atoms with E-state index in [1.54, 1.807) is 49.5 Å². The molecule has 0 aromatic heterocycles. The van der Waals surface area contributed by atoms with Crippen molar-refractivity contribution in [3.05, 3.63) is 94.5 Å². The number of para-hydroxylation sites is 1. The minimum atomic E-state index is -1.35. The molecule has 3 amide bonds. The maximum absolute atomic E-state index is 14.6. The third kappa shape index (κ3) is 4.17. The van der Waals surface area contributed by atoms with Crippen molar-refractivity contribution in [1.29, 1.82) is 0 Å². The standard InChI is InChI=1S/C23H17ClF2N4O2/c1-30-19-9-5-3-7-15(19)20(14-6-2-4-8-17(14)26)28-21(22(30)31)29-23(32)27-18-11-10-13(25)12-16(18)24/h2-12,21H,1H3,(H2,27,29,32). The van der Waals surface area contributed by atoms with Crippen LogP contribution in [0.25, 0.3) is 0 Å². The van der Waals surface area contributed by atoms with Gasteiger partial charge in [0.2, 0.25) is 6.17 Å². The third-order valence-corrected chi connectivity index (χ3v) is 5.23. The van der Waals surface area contributed by atoms with Gasteiger partial charge in [0.1, 0.15) is 11.6 Å². The van der Waals surface area contributed by atoms with Gasteiger partial charge in [-0.2, -0.15) is 0 Å². The molecule has 6 nitrogen and oxygen atoms in total. The predicted molar refractivity (Wildman–Crippen MR) is 119 cm³/mol. The summed E-state index contributed by atoms with van der Waals surface area (Å²) in [6.45, 7) is 0. The molecular formula is C23H17ClF2N4O2. The van der Waals surface area contributed by atoms with Crippen LogP contribution in [0.3, 0.4) is 0 Å². The Morgan fingerprint density at radius 1 is 1.03 bits per heavy atom. The number of halogens is 3. The minimum absolute atomic E-state index is 0.00702. The zero-order valence-electron chi connectivity index (χ0n) is 16.8. The second kappa shape index (κ2) is 8.76. The number of hydrogen-bond acceptors (Lipinski definition) is 3. The van der Waals surface area contributed by atoms with Crippen LogP contribution in [0.15, 0.2) is 71.7 Å². The van der Waals surface area contributed by atoms with Gasteiger partial charge in [0.25, 0.3) is 5.91 Å². The molecule has 2 N–H and O–H groups in total. The van der Waals surface area contributed by atoms with Crippen LogP contribution >= 0.6 is 11.6 Å². The van der Waals surface area contributed by atoms with Crippen molar-refractivity contribution in [1.82, 2.24) is 5.32 Å². The van der Waals surface area contributed by atoms with Crippen LogP contribution in [0.1, 0.15) is 11.1 Å². The lowest BCUT2D eigenvalue weighted by Crippen LogP contribution is -2.47. The molecule has 1 atom stereocenters. The van der Waals surface area contributed by atoms with Crippen molar-refractivity contribution < 1.29 is 18.4 Å². The van der Waals surface area contributed by atoms with Crippen molar-refractivity contribution in [2.75, 3.05) is 17.3 Å². The van der Waals surface area contributed by atoms with Crippen molar-refractivity contribution in [2.45, 2.75) is 6.17 Å². The molecule has 0 radical (unpaired) electrons. The highest BCUT2D eigenvalue weighted by molar-refractivity contribution is 6.33. The highest BCUT2D eigenvalue weighted by Gasteiger charge is 2.31. The van der Waals surface area contributed by atoms with Crippen LogP contribution in [0, 0.1) is 11.6 Å². The summed E-state index contributed by atoms with van der Waals surface area (Å²) >= 11 is 5.95. The number of aliphatic imine (C=N–C) groups is 1. The van der Waals surface area contributed by atoms with Crippen LogP contribution in [0.5, 0.6) is 0 Å². The Kier molecular flexibility index (Phi) is 5.87. The molecule has 0 bridgehead atoms. The monoisotopic (exact) mass is 454 g/mol. The summed E-state index contributed by atoms with van der Waals surface area (Å²) in [5, 5.41) is 4.94. The van der Waals surface area contributed by atoms with E-state index in [0.717, 1.165) is 12.1 Å². The zero-order valence-corrected chi connectivity index (χ0v) is 17.5. The number of nitrogens with one attached hydrogen (secondary N) is 2. The Hall–Kier alpha value is -3.78. The molecule has 4 rings (SSSR count). The van der Waals surface area contributed by atoms with Crippen molar-refractivity contribution in [2.24, 2.45) is 4.99 Å². The molecule has 1 aliphatic rings. The molecule has 1 heterocycles. The molecule has 1 aliphatic heterocycles. The van der Waals surface area contributed by atoms with Crippen molar-refractivity contribution >= 4 is 40.6 Å². The van der Waals surface area contributed by atoms with E-state index in [-0.39, 0.29) is 22.0 Å². The molecule has 0 fully saturated rings. The van der Waals surface area contributed by atoms with Gasteiger partial charge in [-0.25, -0.2) is 18.6 Å². The number of carbonyl (C=O) groups excluding carboxylic acids is 2. The number of benzene rings is 3. The first kappa shape index (κ1) is 21.5. The smallest absolute Gasteiger partial charge is 0.311 e. The van der Waals surface area contributed by atoms with Gasteiger partial charge >= 0.3 is 6.03 Å². The summed E-state index contributed by atoms with van der Waals surface area (Å²) in [6, 6.07) is 15.7. The number of urea groups is 1. The van der Waals surface area contributed by atoms with Crippen LogP contribution in [-0.4, -0.2) is 30.9 Å². The zero-order chi connectivity index (χ0) is 22.8. The summed E-state index contributed by atoms with van der Waals surface area (Å²) in [4.78, 5) is 31.4. The first-order chi connectivity index (χ1) is 15.3. The minimum Gasteiger partial charge on any atom is -0.311 e. The summed E-state index contributed by atoms with van der Waals surface area (Å²) in [5.74, 6) is -1.60. The SMILES string of the molecule is CN1C(=O)C(NC(=O)Nc2ccc(F)cc2Cl)N=C(c2ccccc2F)c2ccccc21. The van der Waals surface area contributed by atoms with E-state index in [2.05, 4.69) is 15.6 Å². The Morgan fingerprint density at radius 2 is 1.72 bits per heavy atom. The van der Waals surface area contributed by atoms with Gasteiger partial charge in [-0.3, -0.25) is 4.79 Å². The highest BCUT2D eigenvalue weighted by atomic mass is 35.5. The Balaban J connectivity index is 1.71. The van der Waals surface area contributed by atoms with Gasteiger partial charge in [-0.1, -0.05) is 41.9 Å². The number of benzodiazepines with no additional fused rings is 1. The van der Waals surface area contributed by atoms with Crippen molar-refractivity contribution in [3.8, 4) is 0 Å². The van der Waals surface area contributed by atoms with Gasteiger partial charge in [0, 0.05) is 18.2 Å². The topological polar surface area (TPSA) is 73.8 Å². The van der Waals surface area contributed by atoms with Crippen LogP contribution in [0.4, 0.5) is 25.0 Å². The van der Waals surface area contributed by atoms with Gasteiger partial charge < -0.3 is 15.5 Å². The number of fused-ring (bicyclic) bond motifs is 1. The molecule has 3 aromatic carbocycles. The Labute approximate surface area is 187 Å². The molecule has 9 heteroatoms. The number of anilines is 2. The quantitative estimate of drug-likeness (QED) is 0.608. The van der Waals surface area contributed by atoms with Gasteiger partial charge in [0.05, 0.1) is 22.1 Å². The van der Waals surface area contributed by atoms with E-state index >= 15 is 0 Å². The van der Waals surface area contributed by atoms with E-state index in [9.17, 15) is 18.4 Å². The fourth-order valence-electron chi connectivity index (χ4n) is 3.36. The van der Waals surface area contributed by atoms with E-state index in [0.29, 0.717) is 11.3 Å². The van der Waals surface area contributed by atoms with E-state index < -0.39 is 29.7 Å². The van der Waals surface area contributed by atoms with Crippen LogP contribution < -0.4 is 15.5 Å². The van der Waals surface area contributed by atoms with Crippen molar-refractivity contribution in [3.63, 3.8) is 0 Å². The fourth-order valence-corrected chi connectivity index (χ4v) is 3.57. The van der Waals surface area contributed by atoms with Gasteiger partial charge in [-0.15, -0.1) is 0 Å². The van der Waals surface area contributed by atoms with Gasteiger partial charge in [0.15, 0.2) is 0 Å². The second-order valence-corrected chi connectivity index (χ2v) is 7.40. The van der Waals surface area contributed by atoms with E-state index in [4.69, 9.17) is 11.6 Å². The first-order valence-electron chi connectivity index (χ1n) is 9.57. The summed E-state index contributed by atoms with van der Waals surface area (Å²) in [7, 11) is 1.55. The summed E-state index contributed by atoms with van der Waals surface area (Å²) < 4.78 is 27.9. The number of rotatable bonds is 3. The number of nitrogens with zero attached hydrogens (tertiary/aromatic N) is 2. The second-order valence-electron chi connectivity index (χ2n) is 7.00. The molecular weight excluding hydrogens is 438 g/mol. The largest absolute Gasteiger partial charge is 0.321 e. The molecule has 0 aliphatic carbocycles.